The number of hydrogen-bond donors (Lipinski definition) is 1. The highest BCUT2D eigenvalue weighted by Crippen LogP contribution is 2.29. The van der Waals surface area contributed by atoms with Crippen molar-refractivity contribution in [1.82, 2.24) is 14.9 Å². The minimum absolute atomic E-state index is 0.0611. The van der Waals surface area contributed by atoms with Crippen LogP contribution in [-0.2, 0) is 13.2 Å². The van der Waals surface area contributed by atoms with Crippen LogP contribution in [0.4, 0.5) is 19.0 Å². The number of carbonyl (C=O) groups is 1. The Labute approximate surface area is 176 Å². The van der Waals surface area contributed by atoms with Crippen molar-refractivity contribution in [3.05, 3.63) is 70.1 Å². The van der Waals surface area contributed by atoms with Crippen LogP contribution in [0.5, 0.6) is 0 Å². The van der Waals surface area contributed by atoms with E-state index in [0.29, 0.717) is 30.7 Å². The van der Waals surface area contributed by atoms with Crippen molar-refractivity contribution in [3.63, 3.8) is 0 Å². The maximum Gasteiger partial charge on any atom is 0.417 e. The summed E-state index contributed by atoms with van der Waals surface area (Å²) < 4.78 is 40.0. The Kier molecular flexibility index (Phi) is 5.43. The molecule has 0 bridgehead atoms. The van der Waals surface area contributed by atoms with Crippen molar-refractivity contribution in [2.45, 2.75) is 25.1 Å². The average molecular weight is 430 g/mol. The molecule has 3 heterocycles. The maximum atomic E-state index is 12.8. The quantitative estimate of drug-likeness (QED) is 0.692. The molecule has 31 heavy (non-hydrogen) atoms. The molecule has 0 radical (unpaired) electrons. The largest absolute Gasteiger partial charge is 0.417 e. The predicted octanol–water partition coefficient (Wildman–Crippen LogP) is 3.35. The standard InChI is InChI=1S/C22H21F3N4O2/c1-28-13-17(20(30)16-6-2-3-7-18(16)28)21(31)27-15-5-4-10-29(12-15)19-9-8-14(11-26-19)22(23,24)25/h2-3,6-9,11,13,15H,4-5,10,12H2,1H3,(H,27,31)/t15-/m0/s1. The lowest BCUT2D eigenvalue weighted by molar-refractivity contribution is -0.137. The lowest BCUT2D eigenvalue weighted by Gasteiger charge is -2.34. The van der Waals surface area contributed by atoms with Crippen LogP contribution in [0.2, 0.25) is 0 Å². The fourth-order valence-corrected chi connectivity index (χ4v) is 3.91. The van der Waals surface area contributed by atoms with Gasteiger partial charge in [0.25, 0.3) is 5.91 Å². The van der Waals surface area contributed by atoms with Crippen LogP contribution in [-0.4, -0.2) is 34.6 Å². The fraction of sp³-hybridized carbons (Fsp3) is 0.318. The van der Waals surface area contributed by atoms with Crippen LogP contribution >= 0.6 is 0 Å². The van der Waals surface area contributed by atoms with E-state index in [2.05, 4.69) is 10.3 Å². The second-order valence-corrected chi connectivity index (χ2v) is 7.66. The van der Waals surface area contributed by atoms with Gasteiger partial charge in [-0.05, 0) is 37.1 Å². The number of halogens is 3. The molecule has 0 saturated carbocycles. The summed E-state index contributed by atoms with van der Waals surface area (Å²) in [6, 6.07) is 9.17. The first kappa shape index (κ1) is 20.9. The lowest BCUT2D eigenvalue weighted by atomic mass is 10.0. The van der Waals surface area contributed by atoms with Crippen LogP contribution in [0.1, 0.15) is 28.8 Å². The molecule has 2 aromatic heterocycles. The number of nitrogens with one attached hydrogen (secondary N) is 1. The van der Waals surface area contributed by atoms with Gasteiger partial charge in [-0.1, -0.05) is 12.1 Å². The second kappa shape index (κ2) is 8.05. The highest BCUT2D eigenvalue weighted by Gasteiger charge is 2.31. The monoisotopic (exact) mass is 430 g/mol. The van der Waals surface area contributed by atoms with E-state index in [4.69, 9.17) is 0 Å². The number of carbonyl (C=O) groups excluding carboxylic acids is 1. The zero-order valence-corrected chi connectivity index (χ0v) is 16.8. The van der Waals surface area contributed by atoms with E-state index < -0.39 is 17.6 Å². The van der Waals surface area contributed by atoms with Gasteiger partial charge in [-0.15, -0.1) is 0 Å². The summed E-state index contributed by atoms with van der Waals surface area (Å²) in [7, 11) is 1.77. The van der Waals surface area contributed by atoms with E-state index >= 15 is 0 Å². The van der Waals surface area contributed by atoms with Crippen molar-refractivity contribution in [2.75, 3.05) is 18.0 Å². The van der Waals surface area contributed by atoms with Gasteiger partial charge in [0.2, 0.25) is 5.43 Å². The van der Waals surface area contributed by atoms with E-state index in [1.807, 2.05) is 17.0 Å². The summed E-state index contributed by atoms with van der Waals surface area (Å²) in [6.07, 6.45) is -0.648. The number of alkyl halides is 3. The first-order valence-corrected chi connectivity index (χ1v) is 9.91. The number of pyridine rings is 2. The number of nitrogens with zero attached hydrogens (tertiary/aromatic N) is 3. The maximum absolute atomic E-state index is 12.8. The van der Waals surface area contributed by atoms with Crippen molar-refractivity contribution in [2.24, 2.45) is 7.05 Å². The van der Waals surface area contributed by atoms with Crippen LogP contribution < -0.4 is 15.6 Å². The molecular weight excluding hydrogens is 409 g/mol. The summed E-state index contributed by atoms with van der Waals surface area (Å²) >= 11 is 0. The minimum atomic E-state index is -4.43. The smallest absolute Gasteiger partial charge is 0.355 e. The van der Waals surface area contributed by atoms with Crippen LogP contribution in [0.3, 0.4) is 0 Å². The molecule has 1 aliphatic heterocycles. The van der Waals surface area contributed by atoms with E-state index in [-0.39, 0.29) is 17.0 Å². The first-order valence-electron chi connectivity index (χ1n) is 9.91. The number of aromatic nitrogens is 2. The minimum Gasteiger partial charge on any atom is -0.355 e. The van der Waals surface area contributed by atoms with E-state index in [1.54, 1.807) is 23.7 Å². The van der Waals surface area contributed by atoms with Gasteiger partial charge in [0.15, 0.2) is 0 Å². The van der Waals surface area contributed by atoms with Crippen molar-refractivity contribution in [1.29, 1.82) is 0 Å². The number of hydrogen-bond acceptors (Lipinski definition) is 4. The molecule has 6 nitrogen and oxygen atoms in total. The predicted molar refractivity (Wildman–Crippen MR) is 111 cm³/mol. The second-order valence-electron chi connectivity index (χ2n) is 7.66. The number of aryl methyl sites for hydroxylation is 1. The molecule has 1 fully saturated rings. The molecule has 1 amide bonds. The third-order valence-electron chi connectivity index (χ3n) is 5.50. The first-order chi connectivity index (χ1) is 14.7. The Balaban J connectivity index is 1.50. The Hall–Kier alpha value is -3.36. The van der Waals surface area contributed by atoms with E-state index in [1.165, 1.54) is 12.3 Å². The Morgan fingerprint density at radius 2 is 1.97 bits per heavy atom. The van der Waals surface area contributed by atoms with Gasteiger partial charge in [0, 0.05) is 44.0 Å². The van der Waals surface area contributed by atoms with Gasteiger partial charge in [-0.3, -0.25) is 9.59 Å². The summed E-state index contributed by atoms with van der Waals surface area (Å²) in [5, 5.41) is 3.37. The van der Waals surface area contributed by atoms with Gasteiger partial charge in [0.05, 0.1) is 11.1 Å². The molecule has 4 rings (SSSR count). The zero-order chi connectivity index (χ0) is 22.2. The molecule has 0 aliphatic carbocycles. The lowest BCUT2D eigenvalue weighted by Crippen LogP contribution is -2.48. The number of piperidine rings is 1. The number of amides is 1. The number of anilines is 1. The Bertz CT molecular complexity index is 1170. The normalized spacial score (nSPS) is 17.0. The molecule has 9 heteroatoms. The van der Waals surface area contributed by atoms with Crippen LogP contribution in [0.15, 0.2) is 53.6 Å². The van der Waals surface area contributed by atoms with Crippen molar-refractivity contribution < 1.29 is 18.0 Å². The molecular formula is C22H21F3N4O2. The van der Waals surface area contributed by atoms with Gasteiger partial charge in [-0.2, -0.15) is 13.2 Å². The molecule has 1 atom stereocenters. The molecule has 1 aliphatic rings. The Morgan fingerprint density at radius 3 is 2.68 bits per heavy atom. The molecule has 0 unspecified atom stereocenters. The summed E-state index contributed by atoms with van der Waals surface area (Å²) in [4.78, 5) is 31.4. The average Bonchev–Trinajstić information content (AvgIpc) is 2.76. The summed E-state index contributed by atoms with van der Waals surface area (Å²) in [5.74, 6) is -0.0350. The van der Waals surface area contributed by atoms with Crippen LogP contribution in [0, 0.1) is 0 Å². The van der Waals surface area contributed by atoms with Gasteiger partial charge < -0.3 is 14.8 Å². The van der Waals surface area contributed by atoms with Crippen LogP contribution in [0.25, 0.3) is 10.9 Å². The highest BCUT2D eigenvalue weighted by atomic mass is 19.4. The van der Waals surface area contributed by atoms with Crippen molar-refractivity contribution in [3.8, 4) is 0 Å². The van der Waals surface area contributed by atoms with Gasteiger partial charge in [0.1, 0.15) is 11.4 Å². The fourth-order valence-electron chi connectivity index (χ4n) is 3.91. The van der Waals surface area contributed by atoms with E-state index in [0.717, 1.165) is 24.2 Å². The molecule has 1 aromatic carbocycles. The van der Waals surface area contributed by atoms with Gasteiger partial charge in [-0.25, -0.2) is 4.98 Å². The number of fused-ring (bicyclic) bond motifs is 1. The SMILES string of the molecule is Cn1cc(C(=O)N[C@H]2CCCN(c3ccc(C(F)(F)F)cn3)C2)c(=O)c2ccccc21. The molecule has 162 valence electrons. The number of benzene rings is 1. The van der Waals surface area contributed by atoms with Crippen molar-refractivity contribution >= 4 is 22.6 Å². The topological polar surface area (TPSA) is 67.2 Å². The zero-order valence-electron chi connectivity index (χ0n) is 16.8. The Morgan fingerprint density at radius 1 is 1.19 bits per heavy atom. The third-order valence-corrected chi connectivity index (χ3v) is 5.50. The summed E-state index contributed by atoms with van der Waals surface area (Å²) in [5.41, 5.74) is -0.333. The molecule has 1 N–H and O–H groups in total. The molecule has 0 spiro atoms. The third kappa shape index (κ3) is 4.26. The number of para-hydroxylation sites is 1. The van der Waals surface area contributed by atoms with Gasteiger partial charge >= 0.3 is 6.18 Å². The molecule has 3 aromatic rings. The van der Waals surface area contributed by atoms with E-state index in [9.17, 15) is 22.8 Å². The highest BCUT2D eigenvalue weighted by molar-refractivity contribution is 5.97. The molecule has 1 saturated heterocycles. The number of rotatable bonds is 3. The summed E-state index contributed by atoms with van der Waals surface area (Å²) in [6.45, 7) is 1.03.